The Morgan fingerprint density at radius 3 is 2.17 bits per heavy atom. The van der Waals surface area contributed by atoms with Crippen molar-refractivity contribution in [3.63, 3.8) is 0 Å². The average Bonchev–Trinajstić information content (AvgIpc) is 2.48. The number of carbonyl (C=O) groups is 1. The number of anilines is 2. The van der Waals surface area contributed by atoms with Crippen LogP contribution in [-0.2, 0) is 0 Å². The van der Waals surface area contributed by atoms with E-state index >= 15 is 0 Å². The zero-order valence-corrected chi connectivity index (χ0v) is 13.4. The van der Waals surface area contributed by atoms with E-state index in [1.807, 2.05) is 0 Å². The molecule has 0 amide bonds. The molecular weight excluding hydrogens is 421 g/mol. The second kappa shape index (κ2) is 6.56. The molecule has 0 fully saturated rings. The normalized spacial score (nSPS) is 10.1. The number of nitro benzene ring substituents is 2. The number of nitrogens with zero attached hydrogens (tertiary/aromatic N) is 2. The highest BCUT2D eigenvalue weighted by atomic mass is 127. The summed E-state index contributed by atoms with van der Waals surface area (Å²) in [5, 5.41) is 33.9. The summed E-state index contributed by atoms with van der Waals surface area (Å²) >= 11 is 2.07. The van der Waals surface area contributed by atoms with Gasteiger partial charge in [-0.05, 0) is 46.9 Å². The van der Waals surface area contributed by atoms with Crippen LogP contribution in [0.1, 0.15) is 10.4 Å². The smallest absolute Gasteiger partial charge is 0.338 e. The van der Waals surface area contributed by atoms with Crippen LogP contribution in [0.5, 0.6) is 0 Å². The summed E-state index contributed by atoms with van der Waals surface area (Å²) in [7, 11) is 0. The minimum atomic E-state index is -1.51. The van der Waals surface area contributed by atoms with Gasteiger partial charge in [-0.25, -0.2) is 4.79 Å². The summed E-state index contributed by atoms with van der Waals surface area (Å²) in [5.41, 5.74) is -1.79. The molecule has 2 N–H and O–H groups in total. The number of halogens is 1. The Hall–Kier alpha value is -2.76. The maximum Gasteiger partial charge on any atom is 0.338 e. The van der Waals surface area contributed by atoms with Crippen LogP contribution in [0.2, 0.25) is 0 Å². The lowest BCUT2D eigenvalue weighted by atomic mass is 10.1. The number of benzene rings is 2. The van der Waals surface area contributed by atoms with Crippen LogP contribution in [0.15, 0.2) is 36.4 Å². The minimum Gasteiger partial charge on any atom is -0.478 e. The Labute approximate surface area is 142 Å². The Kier molecular flexibility index (Phi) is 4.74. The molecule has 0 saturated heterocycles. The molecule has 0 spiro atoms. The predicted molar refractivity (Wildman–Crippen MR) is 89.2 cm³/mol. The maximum atomic E-state index is 11.3. The van der Waals surface area contributed by atoms with Gasteiger partial charge in [0.2, 0.25) is 0 Å². The van der Waals surface area contributed by atoms with Gasteiger partial charge in [0.15, 0.2) is 0 Å². The van der Waals surface area contributed by atoms with Crippen molar-refractivity contribution < 1.29 is 19.7 Å². The van der Waals surface area contributed by atoms with Crippen LogP contribution in [0, 0.1) is 23.8 Å². The van der Waals surface area contributed by atoms with Crippen molar-refractivity contribution in [1.29, 1.82) is 0 Å². The third kappa shape index (κ3) is 3.71. The van der Waals surface area contributed by atoms with Crippen molar-refractivity contribution >= 4 is 51.3 Å². The van der Waals surface area contributed by atoms with Gasteiger partial charge in [0, 0.05) is 15.3 Å². The number of rotatable bonds is 5. The van der Waals surface area contributed by atoms with Crippen LogP contribution < -0.4 is 5.32 Å². The Morgan fingerprint density at radius 1 is 1.09 bits per heavy atom. The molecule has 0 saturated carbocycles. The van der Waals surface area contributed by atoms with Gasteiger partial charge in [0.05, 0.1) is 21.5 Å². The fraction of sp³-hybridized carbons (Fsp3) is 0. The standard InChI is InChI=1S/C13H8IN3O6/c14-7-1-3-8(4-2-7)15-12-10(13(18)19)5-9(16(20)21)6-11(12)17(22)23/h1-6,15H,(H,18,19). The molecule has 0 aromatic heterocycles. The molecule has 0 aliphatic carbocycles. The van der Waals surface area contributed by atoms with E-state index in [0.717, 1.165) is 15.7 Å². The second-order valence-corrected chi connectivity index (χ2v) is 5.58. The van der Waals surface area contributed by atoms with Crippen LogP contribution in [-0.4, -0.2) is 20.9 Å². The monoisotopic (exact) mass is 429 g/mol. The first-order chi connectivity index (χ1) is 10.8. The van der Waals surface area contributed by atoms with E-state index in [1.165, 1.54) is 0 Å². The summed E-state index contributed by atoms with van der Waals surface area (Å²) in [6, 6.07) is 8.17. The third-order valence-corrected chi connectivity index (χ3v) is 3.57. The maximum absolute atomic E-state index is 11.3. The van der Waals surface area contributed by atoms with E-state index in [2.05, 4.69) is 27.9 Å². The van der Waals surface area contributed by atoms with E-state index in [-0.39, 0.29) is 5.69 Å². The molecule has 2 rings (SSSR count). The molecule has 0 aliphatic rings. The van der Waals surface area contributed by atoms with Gasteiger partial charge in [0.1, 0.15) is 5.69 Å². The van der Waals surface area contributed by atoms with Gasteiger partial charge >= 0.3 is 5.97 Å². The molecule has 0 heterocycles. The number of non-ortho nitro benzene ring substituents is 1. The van der Waals surface area contributed by atoms with Crippen LogP contribution in [0.4, 0.5) is 22.7 Å². The summed E-state index contributed by atoms with van der Waals surface area (Å²) in [6.45, 7) is 0. The third-order valence-electron chi connectivity index (χ3n) is 2.85. The van der Waals surface area contributed by atoms with Gasteiger partial charge in [-0.2, -0.15) is 0 Å². The molecule has 118 valence electrons. The van der Waals surface area contributed by atoms with E-state index in [9.17, 15) is 30.1 Å². The molecule has 0 bridgehead atoms. The summed E-state index contributed by atoms with van der Waals surface area (Å²) < 4.78 is 0.921. The Morgan fingerprint density at radius 2 is 1.70 bits per heavy atom. The molecule has 23 heavy (non-hydrogen) atoms. The Bertz CT molecular complexity index is 771. The summed E-state index contributed by atoms with van der Waals surface area (Å²) in [6.07, 6.45) is 0. The highest BCUT2D eigenvalue weighted by molar-refractivity contribution is 14.1. The van der Waals surface area contributed by atoms with Crippen molar-refractivity contribution in [3.8, 4) is 0 Å². The lowest BCUT2D eigenvalue weighted by Crippen LogP contribution is -2.07. The highest BCUT2D eigenvalue weighted by Crippen LogP contribution is 2.35. The molecule has 9 nitrogen and oxygen atoms in total. The number of carboxylic acid groups (broad SMARTS) is 1. The van der Waals surface area contributed by atoms with Crippen LogP contribution >= 0.6 is 22.6 Å². The van der Waals surface area contributed by atoms with Crippen LogP contribution in [0.3, 0.4) is 0 Å². The summed E-state index contributed by atoms with van der Waals surface area (Å²) in [5.74, 6) is -1.51. The number of nitrogens with one attached hydrogen (secondary N) is 1. The lowest BCUT2D eigenvalue weighted by Gasteiger charge is -2.10. The van der Waals surface area contributed by atoms with Gasteiger partial charge in [-0.1, -0.05) is 0 Å². The van der Waals surface area contributed by atoms with Gasteiger partial charge in [-0.15, -0.1) is 0 Å². The first kappa shape index (κ1) is 16.6. The SMILES string of the molecule is O=C(O)c1cc([N+](=O)[O-])cc([N+](=O)[O-])c1Nc1ccc(I)cc1. The van der Waals surface area contributed by atoms with E-state index < -0.39 is 32.8 Å². The topological polar surface area (TPSA) is 136 Å². The first-order valence-corrected chi connectivity index (χ1v) is 7.10. The van der Waals surface area contributed by atoms with Gasteiger partial charge < -0.3 is 10.4 Å². The largest absolute Gasteiger partial charge is 0.478 e. The molecule has 0 radical (unpaired) electrons. The molecule has 2 aromatic rings. The van der Waals surface area contributed by atoms with Crippen LogP contribution in [0.25, 0.3) is 0 Å². The van der Waals surface area contributed by atoms with Crippen molar-refractivity contribution in [2.45, 2.75) is 0 Å². The van der Waals surface area contributed by atoms with Gasteiger partial charge in [0.25, 0.3) is 11.4 Å². The number of aromatic carboxylic acids is 1. The van der Waals surface area contributed by atoms with E-state index in [0.29, 0.717) is 5.69 Å². The molecule has 0 atom stereocenters. The van der Waals surface area contributed by atoms with Crippen molar-refractivity contribution in [3.05, 3.63) is 65.8 Å². The average molecular weight is 429 g/mol. The fourth-order valence-electron chi connectivity index (χ4n) is 1.84. The minimum absolute atomic E-state index is 0.311. The zero-order valence-electron chi connectivity index (χ0n) is 11.2. The predicted octanol–water partition coefficient (Wildman–Crippen LogP) is 3.55. The summed E-state index contributed by atoms with van der Waals surface area (Å²) in [4.78, 5) is 31.6. The highest BCUT2D eigenvalue weighted by Gasteiger charge is 2.27. The van der Waals surface area contributed by atoms with E-state index in [4.69, 9.17) is 0 Å². The number of hydrogen-bond acceptors (Lipinski definition) is 6. The lowest BCUT2D eigenvalue weighted by molar-refractivity contribution is -0.393. The fourth-order valence-corrected chi connectivity index (χ4v) is 2.20. The quantitative estimate of drug-likeness (QED) is 0.422. The molecule has 2 aromatic carbocycles. The number of hydrogen-bond donors (Lipinski definition) is 2. The Balaban J connectivity index is 2.63. The molecule has 10 heteroatoms. The number of carboxylic acids is 1. The molecule has 0 aliphatic heterocycles. The molecular formula is C13H8IN3O6. The van der Waals surface area contributed by atoms with Crippen molar-refractivity contribution in [2.24, 2.45) is 0 Å². The van der Waals surface area contributed by atoms with Crippen molar-refractivity contribution in [1.82, 2.24) is 0 Å². The molecule has 0 unspecified atom stereocenters. The van der Waals surface area contributed by atoms with E-state index in [1.54, 1.807) is 24.3 Å². The first-order valence-electron chi connectivity index (χ1n) is 6.02. The van der Waals surface area contributed by atoms with Crippen molar-refractivity contribution in [2.75, 3.05) is 5.32 Å². The second-order valence-electron chi connectivity index (χ2n) is 4.34. The van der Waals surface area contributed by atoms with Gasteiger partial charge in [-0.3, -0.25) is 20.2 Å². The zero-order chi connectivity index (χ0) is 17.1. The number of nitro groups is 2.